The van der Waals surface area contributed by atoms with E-state index in [2.05, 4.69) is 40.5 Å². The molecule has 0 radical (unpaired) electrons. The predicted octanol–water partition coefficient (Wildman–Crippen LogP) is 4.85. The minimum atomic E-state index is -0.236. The maximum atomic E-state index is 13.0. The molecule has 1 aliphatic heterocycles. The largest absolute Gasteiger partial charge is 0.489 e. The molecule has 0 bridgehead atoms. The third-order valence-electron chi connectivity index (χ3n) is 4.96. The summed E-state index contributed by atoms with van der Waals surface area (Å²) in [7, 11) is 0. The maximum absolute atomic E-state index is 13.0. The molecule has 3 aromatic rings. The second kappa shape index (κ2) is 9.43. The summed E-state index contributed by atoms with van der Waals surface area (Å²) in [5.74, 6) is 0.566. The highest BCUT2D eigenvalue weighted by Crippen LogP contribution is 2.20. The van der Waals surface area contributed by atoms with Crippen molar-refractivity contribution >= 4 is 11.4 Å². The molecule has 29 heavy (non-hydrogen) atoms. The normalized spacial score (nSPS) is 13.9. The number of benzene rings is 3. The van der Waals surface area contributed by atoms with Crippen molar-refractivity contribution in [3.05, 3.63) is 89.7 Å². The Hall–Kier alpha value is -3.05. The number of anilines is 2. The summed E-state index contributed by atoms with van der Waals surface area (Å²) >= 11 is 0. The van der Waals surface area contributed by atoms with Crippen molar-refractivity contribution in [2.45, 2.75) is 13.2 Å². The van der Waals surface area contributed by atoms with Crippen LogP contribution in [-0.4, -0.2) is 26.3 Å². The molecular weight excluding hydrogens is 367 g/mol. The van der Waals surface area contributed by atoms with Gasteiger partial charge in [-0.3, -0.25) is 0 Å². The average molecular weight is 392 g/mol. The molecule has 0 spiro atoms. The van der Waals surface area contributed by atoms with Crippen LogP contribution in [0.1, 0.15) is 11.1 Å². The zero-order valence-corrected chi connectivity index (χ0v) is 16.3. The zero-order valence-electron chi connectivity index (χ0n) is 16.3. The molecule has 1 fully saturated rings. The predicted molar refractivity (Wildman–Crippen MR) is 114 cm³/mol. The van der Waals surface area contributed by atoms with Crippen LogP contribution in [0.5, 0.6) is 5.75 Å². The van der Waals surface area contributed by atoms with Crippen LogP contribution in [0.4, 0.5) is 15.8 Å². The highest BCUT2D eigenvalue weighted by Gasteiger charge is 2.10. The van der Waals surface area contributed by atoms with Crippen LogP contribution in [0.3, 0.4) is 0 Å². The third-order valence-corrected chi connectivity index (χ3v) is 4.96. The van der Waals surface area contributed by atoms with E-state index in [-0.39, 0.29) is 5.82 Å². The summed E-state index contributed by atoms with van der Waals surface area (Å²) < 4.78 is 24.2. The van der Waals surface area contributed by atoms with Gasteiger partial charge in [0.1, 0.15) is 18.2 Å². The van der Waals surface area contributed by atoms with Crippen LogP contribution in [0.15, 0.2) is 72.8 Å². The fourth-order valence-electron chi connectivity index (χ4n) is 3.31. The Bertz CT molecular complexity index is 907. The fraction of sp³-hybridized carbons (Fsp3) is 0.250. The summed E-state index contributed by atoms with van der Waals surface area (Å²) in [5, 5.41) is 3.46. The summed E-state index contributed by atoms with van der Waals surface area (Å²) in [6.07, 6.45) is 0. The van der Waals surface area contributed by atoms with Crippen molar-refractivity contribution in [3.63, 3.8) is 0 Å². The van der Waals surface area contributed by atoms with E-state index in [9.17, 15) is 4.39 Å². The van der Waals surface area contributed by atoms with E-state index >= 15 is 0 Å². The molecule has 0 amide bonds. The van der Waals surface area contributed by atoms with Crippen LogP contribution in [-0.2, 0) is 17.9 Å². The van der Waals surface area contributed by atoms with E-state index < -0.39 is 0 Å². The van der Waals surface area contributed by atoms with Gasteiger partial charge in [0.05, 0.1) is 13.2 Å². The number of halogens is 1. The Kier molecular flexibility index (Phi) is 6.27. The summed E-state index contributed by atoms with van der Waals surface area (Å²) in [6, 6.07) is 22.9. The molecule has 5 heteroatoms. The lowest BCUT2D eigenvalue weighted by Gasteiger charge is -2.28. The van der Waals surface area contributed by atoms with Gasteiger partial charge in [0.15, 0.2) is 0 Å². The molecule has 3 aromatic carbocycles. The molecule has 1 aliphatic rings. The van der Waals surface area contributed by atoms with Gasteiger partial charge in [-0.2, -0.15) is 0 Å². The van der Waals surface area contributed by atoms with Gasteiger partial charge in [0.25, 0.3) is 0 Å². The highest BCUT2D eigenvalue weighted by molar-refractivity contribution is 5.55. The minimum Gasteiger partial charge on any atom is -0.489 e. The van der Waals surface area contributed by atoms with Gasteiger partial charge in [-0.05, 0) is 59.7 Å². The lowest BCUT2D eigenvalue weighted by molar-refractivity contribution is 0.122. The van der Waals surface area contributed by atoms with Crippen molar-refractivity contribution in [3.8, 4) is 5.75 Å². The fourth-order valence-corrected chi connectivity index (χ4v) is 3.31. The molecule has 0 aromatic heterocycles. The van der Waals surface area contributed by atoms with Crippen LogP contribution >= 0.6 is 0 Å². The van der Waals surface area contributed by atoms with Gasteiger partial charge in [0.2, 0.25) is 0 Å². The Morgan fingerprint density at radius 1 is 0.897 bits per heavy atom. The molecule has 150 valence electrons. The van der Waals surface area contributed by atoms with Crippen molar-refractivity contribution in [2.24, 2.45) is 0 Å². The van der Waals surface area contributed by atoms with Crippen molar-refractivity contribution in [1.29, 1.82) is 0 Å². The smallest absolute Gasteiger partial charge is 0.123 e. The molecule has 1 heterocycles. The monoisotopic (exact) mass is 392 g/mol. The van der Waals surface area contributed by atoms with Gasteiger partial charge in [-0.1, -0.05) is 24.3 Å². The first-order chi connectivity index (χ1) is 14.3. The van der Waals surface area contributed by atoms with Crippen LogP contribution in [0, 0.1) is 5.82 Å². The first-order valence-corrected chi connectivity index (χ1v) is 9.89. The molecule has 4 nitrogen and oxygen atoms in total. The van der Waals surface area contributed by atoms with Gasteiger partial charge in [-0.15, -0.1) is 0 Å². The average Bonchev–Trinajstić information content (AvgIpc) is 2.79. The maximum Gasteiger partial charge on any atom is 0.123 e. The highest BCUT2D eigenvalue weighted by atomic mass is 19.1. The zero-order chi connectivity index (χ0) is 19.9. The van der Waals surface area contributed by atoms with E-state index in [4.69, 9.17) is 9.47 Å². The number of hydrogen-bond acceptors (Lipinski definition) is 4. The first-order valence-electron chi connectivity index (χ1n) is 9.89. The van der Waals surface area contributed by atoms with Gasteiger partial charge >= 0.3 is 0 Å². The molecule has 4 rings (SSSR count). The lowest BCUT2D eigenvalue weighted by Crippen LogP contribution is -2.36. The minimum absolute atomic E-state index is 0.236. The Morgan fingerprint density at radius 2 is 1.66 bits per heavy atom. The lowest BCUT2D eigenvalue weighted by atomic mass is 10.2. The number of ether oxygens (including phenoxy) is 2. The number of nitrogens with zero attached hydrogens (tertiary/aromatic N) is 1. The van der Waals surface area contributed by atoms with E-state index in [1.165, 1.54) is 17.8 Å². The third kappa shape index (κ3) is 5.48. The number of hydrogen-bond donors (Lipinski definition) is 1. The van der Waals surface area contributed by atoms with Gasteiger partial charge < -0.3 is 19.7 Å². The Labute approximate surface area is 170 Å². The molecule has 1 saturated heterocycles. The Morgan fingerprint density at radius 3 is 2.41 bits per heavy atom. The van der Waals surface area contributed by atoms with E-state index in [1.54, 1.807) is 12.1 Å². The molecular formula is C24H25FN2O2. The second-order valence-electron chi connectivity index (χ2n) is 7.06. The Balaban J connectivity index is 1.30. The number of rotatable bonds is 7. The quantitative estimate of drug-likeness (QED) is 0.623. The summed E-state index contributed by atoms with van der Waals surface area (Å²) in [6.45, 7) is 4.60. The van der Waals surface area contributed by atoms with E-state index in [0.29, 0.717) is 13.2 Å². The molecule has 0 atom stereocenters. The standard InChI is InChI=1S/C24H25FN2O2/c25-21-6-4-19(5-7-21)18-29-24-3-1-2-20(16-24)17-26-22-8-10-23(11-9-22)27-12-14-28-15-13-27/h1-11,16,26H,12-15,17-18H2. The van der Waals surface area contributed by atoms with Gasteiger partial charge in [-0.25, -0.2) is 4.39 Å². The SMILES string of the molecule is Fc1ccc(COc2cccc(CNc3ccc(N4CCOCC4)cc3)c2)cc1. The van der Waals surface area contributed by atoms with Gasteiger partial charge in [0, 0.05) is 31.0 Å². The van der Waals surface area contributed by atoms with Crippen LogP contribution in [0.2, 0.25) is 0 Å². The van der Waals surface area contributed by atoms with Crippen molar-refractivity contribution in [2.75, 3.05) is 36.5 Å². The summed E-state index contributed by atoms with van der Waals surface area (Å²) in [5.41, 5.74) is 4.39. The van der Waals surface area contributed by atoms with E-state index in [1.807, 2.05) is 18.2 Å². The summed E-state index contributed by atoms with van der Waals surface area (Å²) in [4.78, 5) is 2.34. The van der Waals surface area contributed by atoms with Crippen molar-refractivity contribution < 1.29 is 13.9 Å². The van der Waals surface area contributed by atoms with Crippen LogP contribution < -0.4 is 15.0 Å². The second-order valence-corrected chi connectivity index (χ2v) is 7.06. The van der Waals surface area contributed by atoms with Crippen LogP contribution in [0.25, 0.3) is 0 Å². The molecule has 1 N–H and O–H groups in total. The van der Waals surface area contributed by atoms with Crippen molar-refractivity contribution in [1.82, 2.24) is 0 Å². The number of nitrogens with one attached hydrogen (secondary N) is 1. The molecule has 0 saturated carbocycles. The topological polar surface area (TPSA) is 33.7 Å². The molecule has 0 unspecified atom stereocenters. The molecule has 0 aliphatic carbocycles. The van der Waals surface area contributed by atoms with E-state index in [0.717, 1.165) is 48.9 Å². The number of morpholine rings is 1. The first kappa shape index (κ1) is 19.3.